The lowest BCUT2D eigenvalue weighted by molar-refractivity contribution is 0.988. The molecular weight excluding hydrogens is 871 g/mol. The monoisotopic (exact) mass is 907 g/mol. The van der Waals surface area contributed by atoms with Gasteiger partial charge in [0.15, 0.2) is 0 Å². The summed E-state index contributed by atoms with van der Waals surface area (Å²) < 4.78 is 11.6. The molecule has 0 saturated heterocycles. The van der Waals surface area contributed by atoms with E-state index < -0.39 is 0 Å². The molecule has 9 nitrogen and oxygen atoms in total. The first kappa shape index (κ1) is 38.1. The zero-order valence-electron chi connectivity index (χ0n) is 37.9. The van der Waals surface area contributed by atoms with Crippen molar-refractivity contribution in [3.05, 3.63) is 225 Å². The van der Waals surface area contributed by atoms with Crippen LogP contribution in [0.3, 0.4) is 0 Å². The predicted molar refractivity (Wildman–Crippen MR) is 289 cm³/mol. The van der Waals surface area contributed by atoms with Crippen LogP contribution in [0.4, 0.5) is 0 Å². The summed E-state index contributed by atoms with van der Waals surface area (Å²) in [6.45, 7) is 0. The maximum atomic E-state index is 4.94. The summed E-state index contributed by atoms with van der Waals surface area (Å²) in [4.78, 5) is 19.5. The van der Waals surface area contributed by atoms with Gasteiger partial charge in [-0.05, 0) is 103 Å². The molecule has 0 unspecified atom stereocenters. The van der Waals surface area contributed by atoms with Gasteiger partial charge < -0.3 is 9.13 Å². The zero-order chi connectivity index (χ0) is 46.3. The van der Waals surface area contributed by atoms with Crippen LogP contribution >= 0.6 is 0 Å². The number of fused-ring (bicyclic) bond motifs is 15. The summed E-state index contributed by atoms with van der Waals surface area (Å²) in [5.41, 5.74) is 13.1. The van der Waals surface area contributed by atoms with E-state index in [0.29, 0.717) is 5.95 Å². The lowest BCUT2D eigenvalue weighted by Crippen LogP contribution is -2.01. The van der Waals surface area contributed by atoms with E-state index in [4.69, 9.17) is 19.9 Å². The lowest BCUT2D eigenvalue weighted by atomic mass is 10.1. The minimum Gasteiger partial charge on any atom is -0.309 e. The number of hydrogen-bond acceptors (Lipinski definition) is 4. The smallest absolute Gasteiger partial charge is 0.234 e. The molecule has 8 aromatic heterocycles. The van der Waals surface area contributed by atoms with Gasteiger partial charge in [0.25, 0.3) is 0 Å². The molecule has 8 heterocycles. The third-order valence-corrected chi connectivity index (χ3v) is 14.7. The van der Waals surface area contributed by atoms with E-state index in [-0.39, 0.29) is 0 Å². The average Bonchev–Trinajstić information content (AvgIpc) is 4.21. The predicted octanol–water partition coefficient (Wildman–Crippen LogP) is 14.8. The van der Waals surface area contributed by atoms with Crippen molar-refractivity contribution in [1.29, 1.82) is 0 Å². The molecule has 8 aromatic carbocycles. The van der Waals surface area contributed by atoms with Crippen molar-refractivity contribution < 1.29 is 0 Å². The van der Waals surface area contributed by atoms with Crippen LogP contribution in [0.5, 0.6) is 0 Å². The van der Waals surface area contributed by atoms with E-state index in [1.54, 1.807) is 0 Å². The SMILES string of the molecule is c1ccc(-n2c3ccccc3c3ccc(-n4c5ccccc5c5cc6c7cc8c9ccccc9n(-c9ccc%10c%11ccccc%11n(-c%11ccccn%11)c%10c9)c8cc7n(-c7ncccn7)c6cc54)cc32)nc1. The van der Waals surface area contributed by atoms with Gasteiger partial charge in [0.05, 0.1) is 55.2 Å². The van der Waals surface area contributed by atoms with Crippen molar-refractivity contribution in [1.82, 2.24) is 42.8 Å². The minimum absolute atomic E-state index is 0.610. The molecule has 0 N–H and O–H groups in total. The second-order valence-corrected chi connectivity index (χ2v) is 18.3. The Labute approximate surface area is 404 Å². The topological polar surface area (TPSA) is 76.2 Å². The van der Waals surface area contributed by atoms with Crippen LogP contribution in [-0.4, -0.2) is 42.8 Å². The highest BCUT2D eigenvalue weighted by Crippen LogP contribution is 2.44. The number of nitrogens with zero attached hydrogens (tertiary/aromatic N) is 9. The summed E-state index contributed by atoms with van der Waals surface area (Å²) in [5, 5.41) is 11.7. The van der Waals surface area contributed by atoms with Gasteiger partial charge in [-0.2, -0.15) is 0 Å². The molecule has 0 aliphatic carbocycles. The molecule has 0 fully saturated rings. The van der Waals surface area contributed by atoms with Crippen LogP contribution in [0.15, 0.2) is 225 Å². The van der Waals surface area contributed by atoms with Crippen molar-refractivity contribution in [3.63, 3.8) is 0 Å². The van der Waals surface area contributed by atoms with Crippen molar-refractivity contribution >= 4 is 109 Å². The molecule has 0 atom stereocenters. The highest BCUT2D eigenvalue weighted by atomic mass is 15.2. The van der Waals surface area contributed by atoms with Crippen LogP contribution in [-0.2, 0) is 0 Å². The normalized spacial score (nSPS) is 12.2. The number of para-hydroxylation sites is 4. The van der Waals surface area contributed by atoms with Crippen LogP contribution in [0.1, 0.15) is 0 Å². The first-order valence-corrected chi connectivity index (χ1v) is 23.9. The van der Waals surface area contributed by atoms with Crippen LogP contribution in [0.2, 0.25) is 0 Å². The van der Waals surface area contributed by atoms with Crippen molar-refractivity contribution in [3.8, 4) is 29.0 Å². The Balaban J connectivity index is 0.987. The quantitative estimate of drug-likeness (QED) is 0.172. The number of benzene rings is 8. The fraction of sp³-hybridized carbons (Fsp3) is 0. The number of aromatic nitrogens is 9. The first-order valence-electron chi connectivity index (χ1n) is 23.9. The van der Waals surface area contributed by atoms with Crippen LogP contribution < -0.4 is 0 Å². The third-order valence-electron chi connectivity index (χ3n) is 14.7. The van der Waals surface area contributed by atoms with Gasteiger partial charge in [-0.15, -0.1) is 0 Å². The van der Waals surface area contributed by atoms with Crippen molar-refractivity contribution in [2.75, 3.05) is 0 Å². The maximum absolute atomic E-state index is 4.94. The van der Waals surface area contributed by atoms with E-state index in [1.165, 1.54) is 43.1 Å². The lowest BCUT2D eigenvalue weighted by Gasteiger charge is -2.11. The van der Waals surface area contributed by atoms with E-state index in [1.807, 2.05) is 43.0 Å². The highest BCUT2D eigenvalue weighted by Gasteiger charge is 2.24. The Kier molecular flexibility index (Phi) is 7.70. The van der Waals surface area contributed by atoms with Crippen molar-refractivity contribution in [2.24, 2.45) is 0 Å². The summed E-state index contributed by atoms with van der Waals surface area (Å²) >= 11 is 0. The summed E-state index contributed by atoms with van der Waals surface area (Å²) in [5.74, 6) is 2.38. The van der Waals surface area contributed by atoms with E-state index in [9.17, 15) is 0 Å². The molecule has 71 heavy (non-hydrogen) atoms. The molecule has 16 aromatic rings. The molecule has 330 valence electrons. The van der Waals surface area contributed by atoms with Crippen LogP contribution in [0, 0.1) is 0 Å². The fourth-order valence-corrected chi connectivity index (χ4v) is 11.8. The Morgan fingerprint density at radius 2 is 0.549 bits per heavy atom. The van der Waals surface area contributed by atoms with E-state index >= 15 is 0 Å². The molecule has 0 saturated carbocycles. The van der Waals surface area contributed by atoms with Gasteiger partial charge in [0, 0.05) is 90.0 Å². The van der Waals surface area contributed by atoms with Gasteiger partial charge in [-0.25, -0.2) is 19.9 Å². The molecule has 0 amide bonds. The molecule has 0 aliphatic rings. The molecule has 9 heteroatoms. The first-order chi connectivity index (χ1) is 35.2. The Morgan fingerprint density at radius 1 is 0.211 bits per heavy atom. The van der Waals surface area contributed by atoms with Gasteiger partial charge >= 0.3 is 0 Å². The third kappa shape index (κ3) is 5.28. The minimum atomic E-state index is 0.610. The largest absolute Gasteiger partial charge is 0.309 e. The van der Waals surface area contributed by atoms with Gasteiger partial charge in [0.2, 0.25) is 5.95 Å². The van der Waals surface area contributed by atoms with E-state index in [2.05, 4.69) is 205 Å². The molecule has 16 rings (SSSR count). The molecule has 0 aliphatic heterocycles. The van der Waals surface area contributed by atoms with Crippen LogP contribution in [0.25, 0.3) is 138 Å². The zero-order valence-corrected chi connectivity index (χ0v) is 37.9. The standard InChI is InChI=1S/C62H37N9/c1-7-20-52-40(14-1)44-26-24-38(32-54(44)69(52)60-22-9-11-28-63-60)67-50-18-5-3-16-42(50)46-34-48-49-35-47-43-17-4-6-19-51(43)68(57(47)37-59(49)71(58(48)36-56(46)67)62-65-30-13-31-66-62)39-25-27-45-41-15-2-8-21-53(41)70(55(45)33-39)61-23-10-12-29-64-61/h1-37H. The van der Waals surface area contributed by atoms with Crippen molar-refractivity contribution in [2.45, 2.75) is 0 Å². The second-order valence-electron chi connectivity index (χ2n) is 18.3. The molecular formula is C62H37N9. The summed E-state index contributed by atoms with van der Waals surface area (Å²) in [7, 11) is 0. The summed E-state index contributed by atoms with van der Waals surface area (Å²) in [6, 6.07) is 72.0. The molecule has 0 spiro atoms. The molecule has 0 radical (unpaired) electrons. The Hall–Kier alpha value is -9.86. The highest BCUT2D eigenvalue weighted by molar-refractivity contribution is 6.23. The Bertz CT molecular complexity index is 4570. The number of rotatable bonds is 5. The maximum Gasteiger partial charge on any atom is 0.234 e. The Morgan fingerprint density at radius 3 is 0.986 bits per heavy atom. The van der Waals surface area contributed by atoms with Gasteiger partial charge in [-0.1, -0.05) is 97.1 Å². The van der Waals surface area contributed by atoms with Gasteiger partial charge in [0.1, 0.15) is 11.6 Å². The van der Waals surface area contributed by atoms with E-state index in [0.717, 1.165) is 88.9 Å². The number of pyridine rings is 2. The fourth-order valence-electron chi connectivity index (χ4n) is 11.8. The number of hydrogen-bond donors (Lipinski definition) is 0. The second kappa shape index (κ2) is 14.3. The average molecular weight is 908 g/mol. The molecule has 0 bridgehead atoms. The summed E-state index contributed by atoms with van der Waals surface area (Å²) in [6.07, 6.45) is 7.39. The van der Waals surface area contributed by atoms with Gasteiger partial charge in [-0.3, -0.25) is 13.7 Å².